The number of hydrogen-bond acceptors (Lipinski definition) is 4. The van der Waals surface area contributed by atoms with Gasteiger partial charge in [-0.05, 0) is 37.6 Å². The fraction of sp³-hybridized carbons (Fsp3) is 0.0800. The number of para-hydroxylation sites is 1. The summed E-state index contributed by atoms with van der Waals surface area (Å²) in [6.07, 6.45) is 3.91. The summed E-state index contributed by atoms with van der Waals surface area (Å²) < 4.78 is 7.32. The Morgan fingerprint density at radius 3 is 2.53 bits per heavy atom. The van der Waals surface area contributed by atoms with Crippen LogP contribution >= 0.6 is 11.6 Å². The van der Waals surface area contributed by atoms with E-state index in [2.05, 4.69) is 10.5 Å². The average Bonchev–Trinajstić information content (AvgIpc) is 3.39. The Kier molecular flexibility index (Phi) is 4.99. The number of benzene rings is 2. The predicted molar refractivity (Wildman–Crippen MR) is 125 cm³/mol. The highest BCUT2D eigenvalue weighted by Crippen LogP contribution is 2.33. The van der Waals surface area contributed by atoms with Gasteiger partial charge in [0.05, 0.1) is 16.4 Å². The van der Waals surface area contributed by atoms with Crippen molar-refractivity contribution in [2.45, 2.75) is 13.8 Å². The molecule has 1 amide bonds. The van der Waals surface area contributed by atoms with Crippen molar-refractivity contribution < 1.29 is 9.32 Å². The Morgan fingerprint density at radius 2 is 1.75 bits per heavy atom. The summed E-state index contributed by atoms with van der Waals surface area (Å²) in [7, 11) is 0. The molecular formula is C25H19ClN4O2. The molecule has 0 saturated heterocycles. The lowest BCUT2D eigenvalue weighted by Crippen LogP contribution is -2.14. The number of halogens is 1. The molecule has 0 spiro atoms. The van der Waals surface area contributed by atoms with Gasteiger partial charge in [-0.25, -0.2) is 4.98 Å². The third-order valence-corrected chi connectivity index (χ3v) is 5.68. The minimum absolute atomic E-state index is 0.328. The molecule has 5 aromatic rings. The first-order valence-corrected chi connectivity index (χ1v) is 10.5. The fourth-order valence-corrected chi connectivity index (χ4v) is 3.99. The van der Waals surface area contributed by atoms with Crippen molar-refractivity contribution >= 4 is 28.8 Å². The number of fused-ring (bicyclic) bond motifs is 1. The van der Waals surface area contributed by atoms with E-state index in [1.807, 2.05) is 78.3 Å². The van der Waals surface area contributed by atoms with E-state index in [9.17, 15) is 4.79 Å². The van der Waals surface area contributed by atoms with Crippen LogP contribution in [0.2, 0.25) is 5.02 Å². The number of carbonyl (C=O) groups excluding carboxylic acids is 1. The number of anilines is 1. The minimum atomic E-state index is -0.328. The van der Waals surface area contributed by atoms with Gasteiger partial charge in [-0.1, -0.05) is 59.2 Å². The highest BCUT2D eigenvalue weighted by molar-refractivity contribution is 6.33. The zero-order valence-corrected chi connectivity index (χ0v) is 18.2. The topological polar surface area (TPSA) is 72.4 Å². The summed E-state index contributed by atoms with van der Waals surface area (Å²) in [5.41, 5.74) is 5.57. The molecule has 0 fully saturated rings. The SMILES string of the molecule is Cc1onc(-c2ccccc2Cl)c1C(=O)Nc1ccccc1-c1cn2cccc(C)c2n1. The molecule has 0 atom stereocenters. The molecule has 3 heterocycles. The Bertz CT molecular complexity index is 1470. The van der Waals surface area contributed by atoms with Gasteiger partial charge in [0.25, 0.3) is 5.91 Å². The smallest absolute Gasteiger partial charge is 0.261 e. The van der Waals surface area contributed by atoms with E-state index in [0.717, 1.165) is 22.5 Å². The van der Waals surface area contributed by atoms with Gasteiger partial charge in [0.2, 0.25) is 0 Å². The summed E-state index contributed by atoms with van der Waals surface area (Å²) in [5.74, 6) is 0.0873. The number of nitrogens with one attached hydrogen (secondary N) is 1. The van der Waals surface area contributed by atoms with E-state index in [1.165, 1.54) is 0 Å². The molecule has 2 aromatic carbocycles. The highest BCUT2D eigenvalue weighted by Gasteiger charge is 2.24. The monoisotopic (exact) mass is 442 g/mol. The number of pyridine rings is 1. The predicted octanol–water partition coefficient (Wildman–Crippen LogP) is 6.18. The minimum Gasteiger partial charge on any atom is -0.360 e. The Balaban J connectivity index is 1.54. The van der Waals surface area contributed by atoms with E-state index in [0.29, 0.717) is 33.3 Å². The molecule has 1 N–H and O–H groups in total. The van der Waals surface area contributed by atoms with Crippen molar-refractivity contribution in [2.75, 3.05) is 5.32 Å². The maximum Gasteiger partial charge on any atom is 0.261 e. The third-order valence-electron chi connectivity index (χ3n) is 5.35. The van der Waals surface area contributed by atoms with Gasteiger partial charge in [-0.3, -0.25) is 4.79 Å². The van der Waals surface area contributed by atoms with E-state index in [4.69, 9.17) is 21.1 Å². The highest BCUT2D eigenvalue weighted by atomic mass is 35.5. The number of nitrogens with zero attached hydrogens (tertiary/aromatic N) is 3. The van der Waals surface area contributed by atoms with Gasteiger partial charge in [0.1, 0.15) is 22.7 Å². The maximum atomic E-state index is 13.3. The lowest BCUT2D eigenvalue weighted by atomic mass is 10.0. The number of amides is 1. The Morgan fingerprint density at radius 1 is 1.00 bits per heavy atom. The van der Waals surface area contributed by atoms with Crippen molar-refractivity contribution in [3.05, 3.63) is 95.0 Å². The molecule has 32 heavy (non-hydrogen) atoms. The van der Waals surface area contributed by atoms with E-state index in [1.54, 1.807) is 13.0 Å². The zero-order chi connectivity index (χ0) is 22.2. The Labute approximate surface area is 189 Å². The fourth-order valence-electron chi connectivity index (χ4n) is 3.76. The van der Waals surface area contributed by atoms with Crippen molar-refractivity contribution in [1.29, 1.82) is 0 Å². The summed E-state index contributed by atoms with van der Waals surface area (Å²) in [4.78, 5) is 18.1. The molecule has 0 saturated carbocycles. The number of hydrogen-bond donors (Lipinski definition) is 1. The summed E-state index contributed by atoms with van der Waals surface area (Å²) in [6.45, 7) is 3.73. The van der Waals surface area contributed by atoms with Gasteiger partial charge < -0.3 is 14.2 Å². The van der Waals surface area contributed by atoms with Crippen LogP contribution in [0, 0.1) is 13.8 Å². The maximum absolute atomic E-state index is 13.3. The van der Waals surface area contributed by atoms with Crippen LogP contribution in [0.15, 0.2) is 77.6 Å². The molecule has 0 unspecified atom stereocenters. The molecule has 0 aliphatic carbocycles. The van der Waals surface area contributed by atoms with Crippen molar-refractivity contribution in [1.82, 2.24) is 14.5 Å². The molecule has 0 radical (unpaired) electrons. The van der Waals surface area contributed by atoms with Crippen LogP contribution in [-0.2, 0) is 0 Å². The molecule has 3 aromatic heterocycles. The molecule has 5 rings (SSSR count). The average molecular weight is 443 g/mol. The van der Waals surface area contributed by atoms with Gasteiger partial charge in [-0.2, -0.15) is 0 Å². The van der Waals surface area contributed by atoms with Crippen molar-refractivity contribution in [3.8, 4) is 22.5 Å². The zero-order valence-electron chi connectivity index (χ0n) is 17.5. The Hall–Kier alpha value is -3.90. The molecule has 6 nitrogen and oxygen atoms in total. The molecule has 7 heteroatoms. The number of carbonyl (C=O) groups is 1. The number of imidazole rings is 1. The van der Waals surface area contributed by atoms with Gasteiger partial charge in [-0.15, -0.1) is 0 Å². The van der Waals surface area contributed by atoms with Crippen LogP contribution < -0.4 is 5.32 Å². The van der Waals surface area contributed by atoms with Gasteiger partial charge in [0.15, 0.2) is 0 Å². The normalized spacial score (nSPS) is 11.1. The quantitative estimate of drug-likeness (QED) is 0.360. The molecule has 0 bridgehead atoms. The van der Waals surface area contributed by atoms with E-state index in [-0.39, 0.29) is 5.91 Å². The van der Waals surface area contributed by atoms with Gasteiger partial charge >= 0.3 is 0 Å². The summed E-state index contributed by atoms with van der Waals surface area (Å²) in [6, 6.07) is 18.8. The van der Waals surface area contributed by atoms with Crippen LogP contribution in [0.5, 0.6) is 0 Å². The van der Waals surface area contributed by atoms with Gasteiger partial charge in [0, 0.05) is 23.5 Å². The summed E-state index contributed by atoms with van der Waals surface area (Å²) in [5, 5.41) is 7.60. The van der Waals surface area contributed by atoms with E-state index >= 15 is 0 Å². The van der Waals surface area contributed by atoms with Crippen LogP contribution in [0.1, 0.15) is 21.7 Å². The number of aryl methyl sites for hydroxylation is 2. The number of aromatic nitrogens is 3. The third kappa shape index (κ3) is 3.44. The van der Waals surface area contributed by atoms with Crippen molar-refractivity contribution in [3.63, 3.8) is 0 Å². The molecular weight excluding hydrogens is 424 g/mol. The largest absolute Gasteiger partial charge is 0.360 e. The second-order valence-electron chi connectivity index (χ2n) is 7.49. The molecule has 158 valence electrons. The van der Waals surface area contributed by atoms with E-state index < -0.39 is 0 Å². The lowest BCUT2D eigenvalue weighted by molar-refractivity contribution is 0.102. The van der Waals surface area contributed by atoms with Crippen LogP contribution in [-0.4, -0.2) is 20.4 Å². The number of rotatable bonds is 4. The first kappa shape index (κ1) is 20.0. The lowest BCUT2D eigenvalue weighted by Gasteiger charge is -2.10. The van der Waals surface area contributed by atoms with Crippen LogP contribution in [0.3, 0.4) is 0 Å². The second kappa shape index (κ2) is 7.98. The first-order valence-electron chi connectivity index (χ1n) is 10.1. The van der Waals surface area contributed by atoms with Crippen LogP contribution in [0.25, 0.3) is 28.2 Å². The first-order chi connectivity index (χ1) is 15.5. The second-order valence-corrected chi connectivity index (χ2v) is 7.90. The standard InChI is InChI=1S/C25H19ClN4O2/c1-15-8-7-13-30-14-21(27-24(15)30)18-10-4-6-12-20(18)28-25(31)22-16(2)32-29-23(22)17-9-3-5-11-19(17)26/h3-14H,1-2H3,(H,28,31). The molecule has 0 aliphatic rings. The summed E-state index contributed by atoms with van der Waals surface area (Å²) >= 11 is 6.34. The molecule has 0 aliphatic heterocycles. The van der Waals surface area contributed by atoms with Crippen molar-refractivity contribution in [2.24, 2.45) is 0 Å². The van der Waals surface area contributed by atoms with Crippen LogP contribution in [0.4, 0.5) is 5.69 Å².